The number of piperidine rings is 2. The quantitative estimate of drug-likeness (QED) is 0.619. The van der Waals surface area contributed by atoms with Gasteiger partial charge in [0, 0.05) is 0 Å². The van der Waals surface area contributed by atoms with Gasteiger partial charge in [0.1, 0.15) is 0 Å². The summed E-state index contributed by atoms with van der Waals surface area (Å²) >= 11 is -1.84. The molecule has 1 N–H and O–H groups in total. The van der Waals surface area contributed by atoms with E-state index in [9.17, 15) is 9.59 Å². The molecule has 0 spiro atoms. The van der Waals surface area contributed by atoms with Crippen molar-refractivity contribution in [2.24, 2.45) is 17.8 Å². The Bertz CT molecular complexity index is 488. The molecule has 6 bridgehead atoms. The van der Waals surface area contributed by atoms with Gasteiger partial charge in [-0.2, -0.15) is 0 Å². The Morgan fingerprint density at radius 1 is 1.00 bits per heavy atom. The van der Waals surface area contributed by atoms with Crippen LogP contribution in [0.3, 0.4) is 0 Å². The molecule has 2 aliphatic heterocycles. The summed E-state index contributed by atoms with van der Waals surface area (Å²) in [5.41, 5.74) is 0. The van der Waals surface area contributed by atoms with Crippen LogP contribution in [0.5, 0.6) is 0 Å². The molecule has 22 heavy (non-hydrogen) atoms. The zero-order chi connectivity index (χ0) is 14.9. The van der Waals surface area contributed by atoms with Crippen LogP contribution in [0.1, 0.15) is 64.2 Å². The van der Waals surface area contributed by atoms with Crippen molar-refractivity contribution in [2.45, 2.75) is 78.7 Å². The first-order valence-corrected chi connectivity index (χ1v) is 12.2. The van der Waals surface area contributed by atoms with Gasteiger partial charge in [0.2, 0.25) is 0 Å². The van der Waals surface area contributed by atoms with Gasteiger partial charge in [-0.3, -0.25) is 0 Å². The molecule has 0 aromatic heterocycles. The number of hydrogen-bond donors (Lipinski definition) is 1. The van der Waals surface area contributed by atoms with E-state index in [2.05, 4.69) is 5.32 Å². The van der Waals surface area contributed by atoms with E-state index in [0.29, 0.717) is 10.2 Å². The van der Waals surface area contributed by atoms with Gasteiger partial charge < -0.3 is 0 Å². The third-order valence-corrected chi connectivity index (χ3v) is 14.7. The van der Waals surface area contributed by atoms with Crippen molar-refractivity contribution in [3.63, 3.8) is 0 Å². The summed E-state index contributed by atoms with van der Waals surface area (Å²) in [6, 6.07) is 0.410. The molecule has 7 rings (SSSR count). The van der Waals surface area contributed by atoms with Crippen LogP contribution >= 0.6 is 0 Å². The van der Waals surface area contributed by atoms with Crippen LogP contribution < -0.4 is 5.32 Å². The molecule has 4 heteroatoms. The predicted molar refractivity (Wildman–Crippen MR) is 86.5 cm³/mol. The molecule has 1 unspecified atom stereocenters. The Kier molecular flexibility index (Phi) is 2.96. The summed E-state index contributed by atoms with van der Waals surface area (Å²) in [6.07, 6.45) is 12.4. The number of carbonyl (C=O) groups excluding carboxylic acids is 2. The van der Waals surface area contributed by atoms with Crippen LogP contribution in [0.2, 0.25) is 8.41 Å². The molecule has 3 nitrogen and oxygen atoms in total. The monoisotopic (exact) mass is 363 g/mol. The third kappa shape index (κ3) is 1.75. The van der Waals surface area contributed by atoms with Crippen molar-refractivity contribution in [3.05, 3.63) is 0 Å². The Morgan fingerprint density at radius 2 is 1.55 bits per heavy atom. The molecule has 2 heterocycles. The van der Waals surface area contributed by atoms with Gasteiger partial charge in [0.25, 0.3) is 0 Å². The molecule has 2 saturated heterocycles. The normalized spacial score (nSPS) is 53.4. The first kappa shape index (κ1) is 14.1. The van der Waals surface area contributed by atoms with Crippen molar-refractivity contribution < 1.29 is 9.59 Å². The molecule has 120 valence electrons. The Balaban J connectivity index is 1.54. The van der Waals surface area contributed by atoms with Gasteiger partial charge in [-0.1, -0.05) is 0 Å². The van der Waals surface area contributed by atoms with Crippen LogP contribution in [-0.2, 0) is 9.59 Å². The molecule has 0 aromatic rings. The molecule has 0 radical (unpaired) electrons. The SMILES string of the molecule is O=C[As](C12CC3CC(CC(C3)C1)C2)C12CCC(CC1)NC2=O. The second-order valence-electron chi connectivity index (χ2n) is 8.90. The minimum atomic E-state index is -1.84. The Labute approximate surface area is 137 Å². The fourth-order valence-corrected chi connectivity index (χ4v) is 15.0. The predicted octanol–water partition coefficient (Wildman–Crippen LogP) is 3.04. The molecule has 5 aliphatic carbocycles. The maximum atomic E-state index is 12.8. The van der Waals surface area contributed by atoms with Crippen LogP contribution in [0.15, 0.2) is 0 Å². The van der Waals surface area contributed by atoms with Gasteiger partial charge >= 0.3 is 137 Å². The van der Waals surface area contributed by atoms with E-state index in [-0.39, 0.29) is 10.1 Å². The van der Waals surface area contributed by atoms with E-state index in [4.69, 9.17) is 0 Å². The maximum absolute atomic E-state index is 12.8. The fourth-order valence-electron chi connectivity index (χ4n) is 7.16. The van der Waals surface area contributed by atoms with E-state index in [1.54, 1.807) is 0 Å². The topological polar surface area (TPSA) is 46.2 Å². The molecule has 0 aromatic carbocycles. The first-order valence-electron chi connectivity index (χ1n) is 9.19. The standard InChI is InChI=1S/C18H26AsNO2/c21-11-19(18-3-1-15(2-4-18)20-16(18)22)17-8-12-5-13(9-17)7-14(6-12)10-17/h11-15H,1-10H2,(H,20,22). The summed E-state index contributed by atoms with van der Waals surface area (Å²) in [7, 11) is 0. The van der Waals surface area contributed by atoms with Crippen LogP contribution in [-0.4, -0.2) is 31.7 Å². The van der Waals surface area contributed by atoms with E-state index in [1.807, 2.05) is 0 Å². The molecular formula is C18H26AsNO2. The van der Waals surface area contributed by atoms with E-state index in [1.165, 1.54) is 43.6 Å². The number of amides is 1. The summed E-state index contributed by atoms with van der Waals surface area (Å²) in [5, 5.41) is 4.61. The number of rotatable bonds is 3. The van der Waals surface area contributed by atoms with Gasteiger partial charge in [-0.15, -0.1) is 0 Å². The van der Waals surface area contributed by atoms with Gasteiger partial charge in [-0.05, 0) is 0 Å². The summed E-state index contributed by atoms with van der Waals surface area (Å²) in [5.74, 6) is 2.91. The number of hydrogen-bond acceptors (Lipinski definition) is 2. The van der Waals surface area contributed by atoms with Crippen LogP contribution in [0.4, 0.5) is 0 Å². The van der Waals surface area contributed by atoms with Crippen molar-refractivity contribution in [3.8, 4) is 0 Å². The van der Waals surface area contributed by atoms with Crippen LogP contribution in [0.25, 0.3) is 0 Å². The van der Waals surface area contributed by atoms with Crippen molar-refractivity contribution in [1.82, 2.24) is 5.32 Å². The van der Waals surface area contributed by atoms with E-state index >= 15 is 0 Å². The Hall–Kier alpha value is -0.302. The third-order valence-electron chi connectivity index (χ3n) is 7.65. The second kappa shape index (κ2) is 4.62. The van der Waals surface area contributed by atoms with Gasteiger partial charge in [0.05, 0.1) is 0 Å². The van der Waals surface area contributed by atoms with Crippen molar-refractivity contribution >= 4 is 25.6 Å². The summed E-state index contributed by atoms with van der Waals surface area (Å²) < 4.78 is 0.0974. The van der Waals surface area contributed by atoms with Crippen LogP contribution in [0, 0.1) is 17.8 Å². The van der Waals surface area contributed by atoms with E-state index in [0.717, 1.165) is 43.4 Å². The number of fused-ring (bicyclic) bond motifs is 3. The van der Waals surface area contributed by atoms with Crippen molar-refractivity contribution in [1.29, 1.82) is 0 Å². The summed E-state index contributed by atoms with van der Waals surface area (Å²) in [6.45, 7) is 0. The Morgan fingerprint density at radius 3 is 2.00 bits per heavy atom. The summed E-state index contributed by atoms with van der Waals surface area (Å²) in [4.78, 5) is 25.2. The molecular weight excluding hydrogens is 337 g/mol. The molecule has 7 aliphatic rings. The van der Waals surface area contributed by atoms with Gasteiger partial charge in [0.15, 0.2) is 0 Å². The molecule has 1 amide bonds. The van der Waals surface area contributed by atoms with E-state index < -0.39 is 14.7 Å². The minimum absolute atomic E-state index is 0.213. The average Bonchev–Trinajstić information content (AvgIpc) is 2.47. The zero-order valence-corrected chi connectivity index (χ0v) is 15.1. The molecule has 5 saturated carbocycles. The first-order chi connectivity index (χ1) is 10.6. The average molecular weight is 363 g/mol. The molecule has 1 atom stereocenters. The second-order valence-corrected chi connectivity index (χ2v) is 14.7. The number of carbonyl (C=O) groups is 2. The number of nitrogens with one attached hydrogen (secondary N) is 1. The van der Waals surface area contributed by atoms with Crippen molar-refractivity contribution in [2.75, 3.05) is 0 Å². The van der Waals surface area contributed by atoms with Gasteiger partial charge in [-0.25, -0.2) is 0 Å². The fraction of sp³-hybridized carbons (Fsp3) is 0.889. The zero-order valence-electron chi connectivity index (χ0n) is 13.2. The molecule has 7 fully saturated rings.